The van der Waals surface area contributed by atoms with Crippen LogP contribution in [0.5, 0.6) is 0 Å². The van der Waals surface area contributed by atoms with Crippen molar-refractivity contribution in [2.24, 2.45) is 0 Å². The van der Waals surface area contributed by atoms with E-state index in [2.05, 4.69) is 4.98 Å². The average molecular weight is 285 g/mol. The number of aromatic nitrogens is 1. The van der Waals surface area contributed by atoms with Crippen molar-refractivity contribution in [3.63, 3.8) is 0 Å². The SMILES string of the molecule is Nc1ccc(CN(C(=O)c2ccncc2F)C2CC2)cc1. The molecule has 2 aromatic rings. The van der Waals surface area contributed by atoms with Crippen LogP contribution in [-0.4, -0.2) is 21.8 Å². The Hall–Kier alpha value is -2.43. The highest BCUT2D eigenvalue weighted by Gasteiger charge is 2.33. The number of pyridine rings is 1. The number of hydrogen-bond donors (Lipinski definition) is 1. The van der Waals surface area contributed by atoms with Gasteiger partial charge in [-0.2, -0.15) is 0 Å². The first-order valence-corrected chi connectivity index (χ1v) is 6.90. The van der Waals surface area contributed by atoms with Crippen LogP contribution >= 0.6 is 0 Å². The molecule has 4 nitrogen and oxygen atoms in total. The molecule has 1 heterocycles. The highest BCUT2D eigenvalue weighted by molar-refractivity contribution is 5.94. The molecule has 0 saturated heterocycles. The van der Waals surface area contributed by atoms with Crippen molar-refractivity contribution in [3.8, 4) is 0 Å². The summed E-state index contributed by atoms with van der Waals surface area (Å²) in [5, 5.41) is 0. The van der Waals surface area contributed by atoms with Gasteiger partial charge in [-0.15, -0.1) is 0 Å². The largest absolute Gasteiger partial charge is 0.399 e. The van der Waals surface area contributed by atoms with Crippen molar-refractivity contribution >= 4 is 11.6 Å². The van der Waals surface area contributed by atoms with Crippen LogP contribution in [-0.2, 0) is 6.54 Å². The Bertz CT molecular complexity index is 653. The molecule has 2 N–H and O–H groups in total. The summed E-state index contributed by atoms with van der Waals surface area (Å²) in [5.41, 5.74) is 7.41. The second-order valence-corrected chi connectivity index (χ2v) is 5.26. The lowest BCUT2D eigenvalue weighted by atomic mass is 10.1. The molecule has 21 heavy (non-hydrogen) atoms. The van der Waals surface area contributed by atoms with Crippen molar-refractivity contribution in [1.29, 1.82) is 0 Å². The summed E-state index contributed by atoms with van der Waals surface area (Å²) in [4.78, 5) is 18.0. The van der Waals surface area contributed by atoms with Crippen molar-refractivity contribution in [1.82, 2.24) is 9.88 Å². The summed E-state index contributed by atoms with van der Waals surface area (Å²) >= 11 is 0. The van der Waals surface area contributed by atoms with Gasteiger partial charge in [0.05, 0.1) is 11.8 Å². The molecule has 1 aliphatic carbocycles. The van der Waals surface area contributed by atoms with E-state index in [0.717, 1.165) is 24.6 Å². The monoisotopic (exact) mass is 285 g/mol. The number of nitrogens with two attached hydrogens (primary N) is 1. The number of anilines is 1. The fourth-order valence-electron chi connectivity index (χ4n) is 2.28. The van der Waals surface area contributed by atoms with E-state index in [1.54, 1.807) is 17.0 Å². The maximum atomic E-state index is 13.7. The van der Waals surface area contributed by atoms with Crippen LogP contribution in [0.4, 0.5) is 10.1 Å². The van der Waals surface area contributed by atoms with Crippen LogP contribution in [0.1, 0.15) is 28.8 Å². The highest BCUT2D eigenvalue weighted by Crippen LogP contribution is 2.30. The Morgan fingerprint density at radius 1 is 1.29 bits per heavy atom. The van der Waals surface area contributed by atoms with Crippen LogP contribution in [0.15, 0.2) is 42.7 Å². The Labute approximate surface area is 122 Å². The van der Waals surface area contributed by atoms with Gasteiger partial charge in [0, 0.05) is 24.5 Å². The highest BCUT2D eigenvalue weighted by atomic mass is 19.1. The van der Waals surface area contributed by atoms with E-state index in [4.69, 9.17) is 5.73 Å². The molecule has 1 aromatic heterocycles. The standard InChI is InChI=1S/C16H16FN3O/c17-15-9-19-8-7-14(15)16(21)20(13-5-6-13)10-11-1-3-12(18)4-2-11/h1-4,7-9,13H,5-6,10,18H2. The van der Waals surface area contributed by atoms with Gasteiger partial charge in [0.2, 0.25) is 0 Å². The molecule has 1 aromatic carbocycles. The number of carbonyl (C=O) groups excluding carboxylic acids is 1. The molecule has 0 bridgehead atoms. The van der Waals surface area contributed by atoms with E-state index in [1.807, 2.05) is 12.1 Å². The van der Waals surface area contributed by atoms with E-state index in [1.165, 1.54) is 12.3 Å². The lowest BCUT2D eigenvalue weighted by Gasteiger charge is -2.23. The van der Waals surface area contributed by atoms with Crippen LogP contribution in [0, 0.1) is 5.82 Å². The van der Waals surface area contributed by atoms with Crippen LogP contribution in [0.25, 0.3) is 0 Å². The Kier molecular flexibility index (Phi) is 3.56. The molecule has 0 unspecified atom stereocenters. The average Bonchev–Trinajstić information content (AvgIpc) is 3.31. The first-order valence-electron chi connectivity index (χ1n) is 6.90. The summed E-state index contributed by atoms with van der Waals surface area (Å²) in [7, 11) is 0. The van der Waals surface area contributed by atoms with Gasteiger partial charge in [0.15, 0.2) is 5.82 Å². The first kappa shape index (κ1) is 13.5. The minimum Gasteiger partial charge on any atom is -0.399 e. The zero-order valence-corrected chi connectivity index (χ0v) is 11.5. The third kappa shape index (κ3) is 3.02. The van der Waals surface area contributed by atoms with Gasteiger partial charge in [0.25, 0.3) is 5.91 Å². The van der Waals surface area contributed by atoms with Crippen LogP contribution in [0.3, 0.4) is 0 Å². The first-order chi connectivity index (χ1) is 10.1. The quantitative estimate of drug-likeness (QED) is 0.878. The van der Waals surface area contributed by atoms with Gasteiger partial charge in [-0.3, -0.25) is 9.78 Å². The van der Waals surface area contributed by atoms with Gasteiger partial charge in [-0.05, 0) is 36.6 Å². The van der Waals surface area contributed by atoms with Gasteiger partial charge < -0.3 is 10.6 Å². The second kappa shape index (κ2) is 5.52. The number of hydrogen-bond acceptors (Lipinski definition) is 3. The predicted octanol–water partition coefficient (Wildman–Crippen LogP) is 2.61. The normalized spacial score (nSPS) is 14.0. The van der Waals surface area contributed by atoms with E-state index in [9.17, 15) is 9.18 Å². The number of benzene rings is 1. The second-order valence-electron chi connectivity index (χ2n) is 5.26. The number of rotatable bonds is 4. The number of nitrogens with zero attached hydrogens (tertiary/aromatic N) is 2. The molecular weight excluding hydrogens is 269 g/mol. The molecule has 3 rings (SSSR count). The molecule has 1 amide bonds. The number of carbonyl (C=O) groups is 1. The van der Waals surface area contributed by atoms with E-state index < -0.39 is 5.82 Å². The van der Waals surface area contributed by atoms with E-state index in [0.29, 0.717) is 12.2 Å². The number of amides is 1. The summed E-state index contributed by atoms with van der Waals surface area (Å²) in [5.74, 6) is -0.861. The number of nitrogen functional groups attached to an aromatic ring is 1. The Balaban J connectivity index is 1.83. The summed E-state index contributed by atoms with van der Waals surface area (Å²) < 4.78 is 13.7. The third-order valence-electron chi connectivity index (χ3n) is 3.58. The van der Waals surface area contributed by atoms with Crippen molar-refractivity contribution in [2.75, 3.05) is 5.73 Å². The fraction of sp³-hybridized carbons (Fsp3) is 0.250. The molecule has 0 radical (unpaired) electrons. The van der Waals surface area contributed by atoms with Crippen molar-refractivity contribution in [3.05, 3.63) is 59.7 Å². The Morgan fingerprint density at radius 3 is 2.62 bits per heavy atom. The molecule has 1 aliphatic rings. The van der Waals surface area contributed by atoms with E-state index >= 15 is 0 Å². The zero-order chi connectivity index (χ0) is 14.8. The van der Waals surface area contributed by atoms with E-state index in [-0.39, 0.29) is 17.5 Å². The molecular formula is C16H16FN3O. The van der Waals surface area contributed by atoms with Crippen LogP contribution < -0.4 is 5.73 Å². The maximum absolute atomic E-state index is 13.7. The summed E-state index contributed by atoms with van der Waals surface area (Å²) in [6, 6.07) is 9.01. The molecule has 1 saturated carbocycles. The molecule has 1 fully saturated rings. The van der Waals surface area contributed by atoms with Crippen LogP contribution in [0.2, 0.25) is 0 Å². The van der Waals surface area contributed by atoms with Gasteiger partial charge in [0.1, 0.15) is 0 Å². The summed E-state index contributed by atoms with van der Waals surface area (Å²) in [6.07, 6.45) is 4.44. The fourth-order valence-corrected chi connectivity index (χ4v) is 2.28. The molecule has 0 spiro atoms. The van der Waals surface area contributed by atoms with Gasteiger partial charge >= 0.3 is 0 Å². The van der Waals surface area contributed by atoms with Gasteiger partial charge in [-0.25, -0.2) is 4.39 Å². The molecule has 0 atom stereocenters. The maximum Gasteiger partial charge on any atom is 0.257 e. The zero-order valence-electron chi connectivity index (χ0n) is 11.5. The minimum absolute atomic E-state index is 0.0762. The topological polar surface area (TPSA) is 59.2 Å². The molecule has 108 valence electrons. The van der Waals surface area contributed by atoms with Crippen molar-refractivity contribution < 1.29 is 9.18 Å². The predicted molar refractivity (Wildman–Crippen MR) is 77.9 cm³/mol. The third-order valence-corrected chi connectivity index (χ3v) is 3.58. The summed E-state index contributed by atoms with van der Waals surface area (Å²) in [6.45, 7) is 0.464. The number of halogens is 1. The van der Waals surface area contributed by atoms with Gasteiger partial charge in [-0.1, -0.05) is 12.1 Å². The van der Waals surface area contributed by atoms with Crippen molar-refractivity contribution in [2.45, 2.75) is 25.4 Å². The minimum atomic E-state index is -0.578. The molecule has 5 heteroatoms. The lowest BCUT2D eigenvalue weighted by Crippen LogP contribution is -2.33. The lowest BCUT2D eigenvalue weighted by molar-refractivity contribution is 0.0725. The smallest absolute Gasteiger partial charge is 0.257 e. The molecule has 0 aliphatic heterocycles. The Morgan fingerprint density at radius 2 is 2.00 bits per heavy atom.